The van der Waals surface area contributed by atoms with E-state index in [9.17, 15) is 18.0 Å². The lowest BCUT2D eigenvalue weighted by molar-refractivity contribution is -0.137. The Balaban J connectivity index is 1.89. The van der Waals surface area contributed by atoms with E-state index < -0.39 is 18.0 Å². The molecule has 6 nitrogen and oxygen atoms in total. The van der Waals surface area contributed by atoms with Gasteiger partial charge >= 0.3 is 6.18 Å². The van der Waals surface area contributed by atoms with Gasteiger partial charge in [-0.1, -0.05) is 55.9 Å². The number of rotatable bonds is 5. The van der Waals surface area contributed by atoms with E-state index in [1.165, 1.54) is 28.8 Å². The van der Waals surface area contributed by atoms with Crippen LogP contribution in [0, 0.1) is 0 Å². The van der Waals surface area contributed by atoms with Crippen molar-refractivity contribution in [3.63, 3.8) is 0 Å². The van der Waals surface area contributed by atoms with E-state index in [1.54, 1.807) is 24.3 Å². The van der Waals surface area contributed by atoms with Crippen LogP contribution in [0.2, 0.25) is 0 Å². The molecule has 1 amide bonds. The van der Waals surface area contributed by atoms with E-state index in [-0.39, 0.29) is 18.2 Å². The molecule has 4 rings (SSSR count). The number of hydrogen-bond acceptors (Lipinski definition) is 6. The summed E-state index contributed by atoms with van der Waals surface area (Å²) in [6.07, 6.45) is -4.66. The number of halogens is 3. The Labute approximate surface area is 193 Å². The highest BCUT2D eigenvalue weighted by atomic mass is 32.2. The molecule has 1 atom stereocenters. The van der Waals surface area contributed by atoms with Crippen molar-refractivity contribution in [3.8, 4) is 17.1 Å². The normalized spacial score (nSPS) is 15.3. The van der Waals surface area contributed by atoms with Gasteiger partial charge in [0.1, 0.15) is 0 Å². The number of aromatic nitrogens is 3. The average molecular weight is 475 g/mol. The van der Waals surface area contributed by atoms with Gasteiger partial charge in [0.05, 0.1) is 11.3 Å². The predicted octanol–water partition coefficient (Wildman–Crippen LogP) is 5.89. The highest BCUT2D eigenvalue weighted by Gasteiger charge is 2.36. The number of para-hydroxylation sites is 1. The molecule has 2 heterocycles. The fourth-order valence-electron chi connectivity index (χ4n) is 3.56. The second-order valence-electron chi connectivity index (χ2n) is 7.30. The maximum atomic E-state index is 13.2. The third-order valence-electron chi connectivity index (χ3n) is 5.04. The number of ether oxygens (including phenoxy) is 1. The lowest BCUT2D eigenvalue weighted by Gasteiger charge is -2.31. The molecule has 3 aromatic rings. The van der Waals surface area contributed by atoms with Gasteiger partial charge in [0, 0.05) is 17.5 Å². The first kappa shape index (κ1) is 23.0. The summed E-state index contributed by atoms with van der Waals surface area (Å²) in [4.78, 5) is 19.2. The van der Waals surface area contributed by atoms with Gasteiger partial charge in [-0.2, -0.15) is 18.2 Å². The molecular weight excluding hydrogens is 453 g/mol. The van der Waals surface area contributed by atoms with Crippen LogP contribution in [0.3, 0.4) is 0 Å². The molecule has 172 valence electrons. The van der Waals surface area contributed by atoms with Gasteiger partial charge in [0.15, 0.2) is 5.69 Å². The van der Waals surface area contributed by atoms with Crippen LogP contribution in [0.1, 0.15) is 44.0 Å². The summed E-state index contributed by atoms with van der Waals surface area (Å²) in [6.45, 7) is 3.83. The summed E-state index contributed by atoms with van der Waals surface area (Å²) in [5.41, 5.74) is 1.12. The van der Waals surface area contributed by atoms with Crippen molar-refractivity contribution in [2.24, 2.45) is 0 Å². The van der Waals surface area contributed by atoms with Gasteiger partial charge in [-0.05, 0) is 30.4 Å². The Bertz CT molecular complexity index is 1160. The topological polar surface area (TPSA) is 68.2 Å². The van der Waals surface area contributed by atoms with Crippen molar-refractivity contribution in [2.45, 2.75) is 44.2 Å². The molecule has 0 saturated heterocycles. The minimum Gasteiger partial charge on any atom is -0.447 e. The Morgan fingerprint density at radius 3 is 2.48 bits per heavy atom. The molecule has 0 bridgehead atoms. The molecule has 0 N–H and O–H groups in total. The second kappa shape index (κ2) is 9.38. The largest absolute Gasteiger partial charge is 0.447 e. The van der Waals surface area contributed by atoms with Gasteiger partial charge in [0.25, 0.3) is 0 Å². The summed E-state index contributed by atoms with van der Waals surface area (Å²) in [6, 6.07) is 11.7. The van der Waals surface area contributed by atoms with E-state index in [0.717, 1.165) is 17.9 Å². The molecule has 0 spiro atoms. The first-order valence-electron chi connectivity index (χ1n) is 10.5. The fourth-order valence-corrected chi connectivity index (χ4v) is 4.07. The highest BCUT2D eigenvalue weighted by molar-refractivity contribution is 7.99. The van der Waals surface area contributed by atoms with Crippen LogP contribution < -0.4 is 9.64 Å². The summed E-state index contributed by atoms with van der Waals surface area (Å²) < 4.78 is 45.6. The van der Waals surface area contributed by atoms with Gasteiger partial charge in [-0.25, -0.2) is 0 Å². The van der Waals surface area contributed by atoms with Gasteiger partial charge in [0.2, 0.25) is 23.2 Å². The van der Waals surface area contributed by atoms with E-state index in [0.29, 0.717) is 34.1 Å². The molecule has 0 saturated carbocycles. The van der Waals surface area contributed by atoms with Crippen molar-refractivity contribution >= 4 is 23.4 Å². The Kier molecular flexibility index (Phi) is 6.55. The number of alkyl halides is 3. The van der Waals surface area contributed by atoms with Crippen molar-refractivity contribution < 1.29 is 22.7 Å². The Morgan fingerprint density at radius 1 is 1.09 bits per heavy atom. The number of carbonyl (C=O) groups excluding carboxylic acids is 1. The molecule has 2 aromatic carbocycles. The molecule has 0 radical (unpaired) electrons. The number of fused-ring (bicyclic) bond motifs is 3. The summed E-state index contributed by atoms with van der Waals surface area (Å²) in [5, 5.41) is 8.88. The molecule has 0 fully saturated rings. The van der Waals surface area contributed by atoms with Crippen LogP contribution in [-0.4, -0.2) is 26.8 Å². The third-order valence-corrected chi connectivity index (χ3v) is 5.76. The zero-order chi connectivity index (χ0) is 23.6. The number of amides is 1. The molecular formula is C23H21F3N4O2S. The minimum absolute atomic E-state index is 0.171. The summed E-state index contributed by atoms with van der Waals surface area (Å²) >= 11 is 1.38. The highest BCUT2D eigenvalue weighted by Crippen LogP contribution is 2.44. The quantitative estimate of drug-likeness (QED) is 0.429. The average Bonchev–Trinajstić information content (AvgIpc) is 2.93. The molecule has 1 aliphatic rings. The lowest BCUT2D eigenvalue weighted by Crippen LogP contribution is -2.37. The number of carbonyl (C=O) groups is 1. The van der Waals surface area contributed by atoms with Crippen LogP contribution in [0.4, 0.5) is 18.9 Å². The maximum Gasteiger partial charge on any atom is 0.416 e. The van der Waals surface area contributed by atoms with Gasteiger partial charge < -0.3 is 4.74 Å². The molecule has 1 unspecified atom stereocenters. The van der Waals surface area contributed by atoms with E-state index in [1.807, 2.05) is 13.8 Å². The third kappa shape index (κ3) is 4.66. The van der Waals surface area contributed by atoms with Crippen LogP contribution in [0.15, 0.2) is 53.7 Å². The SMILES string of the molecule is CCCC(=O)N1c2ccccc2-c2nnc(SCC)nc2OC1c1ccc(C(F)(F)F)cc1. The van der Waals surface area contributed by atoms with E-state index in [4.69, 9.17) is 4.74 Å². The summed E-state index contributed by atoms with van der Waals surface area (Å²) in [5.74, 6) is 0.671. The smallest absolute Gasteiger partial charge is 0.416 e. The number of anilines is 1. The van der Waals surface area contributed by atoms with Crippen LogP contribution >= 0.6 is 11.8 Å². The predicted molar refractivity (Wildman–Crippen MR) is 119 cm³/mol. The zero-order valence-corrected chi connectivity index (χ0v) is 18.8. The second-order valence-corrected chi connectivity index (χ2v) is 8.53. The molecule has 10 heteroatoms. The Morgan fingerprint density at radius 2 is 1.82 bits per heavy atom. The Hall–Kier alpha value is -3.14. The molecule has 0 aliphatic carbocycles. The minimum atomic E-state index is -4.47. The molecule has 1 aliphatic heterocycles. The number of thioether (sulfide) groups is 1. The first-order valence-corrected chi connectivity index (χ1v) is 11.4. The van der Waals surface area contributed by atoms with E-state index >= 15 is 0 Å². The number of benzene rings is 2. The lowest BCUT2D eigenvalue weighted by atomic mass is 10.1. The molecule has 1 aromatic heterocycles. The molecule has 33 heavy (non-hydrogen) atoms. The van der Waals surface area contributed by atoms with Crippen molar-refractivity contribution in [1.82, 2.24) is 15.2 Å². The van der Waals surface area contributed by atoms with E-state index in [2.05, 4.69) is 15.2 Å². The van der Waals surface area contributed by atoms with Crippen LogP contribution in [0.5, 0.6) is 5.88 Å². The standard InChI is InChI=1S/C23H21F3N4O2S/c1-3-7-18(31)30-17-9-6-5-8-16(17)19-20(27-22(29-28-19)33-4-2)32-21(30)14-10-12-15(13-11-14)23(24,25)26/h5-6,8-13,21H,3-4,7H2,1-2H3. The monoisotopic (exact) mass is 474 g/mol. The summed E-state index contributed by atoms with van der Waals surface area (Å²) in [7, 11) is 0. The number of nitrogens with zero attached hydrogens (tertiary/aromatic N) is 4. The van der Waals surface area contributed by atoms with Crippen LogP contribution in [0.25, 0.3) is 11.3 Å². The maximum absolute atomic E-state index is 13.2. The van der Waals surface area contributed by atoms with Crippen molar-refractivity contribution in [3.05, 3.63) is 59.7 Å². The number of hydrogen-bond donors (Lipinski definition) is 0. The van der Waals surface area contributed by atoms with Gasteiger partial charge in [-0.3, -0.25) is 9.69 Å². The van der Waals surface area contributed by atoms with Crippen molar-refractivity contribution in [2.75, 3.05) is 10.7 Å². The zero-order valence-electron chi connectivity index (χ0n) is 18.0. The van der Waals surface area contributed by atoms with Crippen molar-refractivity contribution in [1.29, 1.82) is 0 Å². The van der Waals surface area contributed by atoms with Crippen LogP contribution in [-0.2, 0) is 11.0 Å². The van der Waals surface area contributed by atoms with Gasteiger partial charge in [-0.15, -0.1) is 10.2 Å². The first-order chi connectivity index (χ1) is 15.8. The fraction of sp³-hybridized carbons (Fsp3) is 0.304.